The van der Waals surface area contributed by atoms with Gasteiger partial charge in [0.05, 0.1) is 11.1 Å². The molecule has 4 rings (SSSR count). The fourth-order valence-electron chi connectivity index (χ4n) is 4.30. The summed E-state index contributed by atoms with van der Waals surface area (Å²) in [6.45, 7) is 4.05. The number of anilines is 1. The number of hydrogen-bond donors (Lipinski definition) is 1. The number of imide groups is 2. The Morgan fingerprint density at radius 1 is 1.03 bits per heavy atom. The van der Waals surface area contributed by atoms with Crippen molar-refractivity contribution in [2.45, 2.75) is 38.1 Å². The Morgan fingerprint density at radius 3 is 2.48 bits per heavy atom. The molecule has 3 heterocycles. The zero-order valence-corrected chi connectivity index (χ0v) is 16.6. The van der Waals surface area contributed by atoms with E-state index in [0.29, 0.717) is 11.1 Å². The molecule has 0 radical (unpaired) electrons. The normalized spacial score (nSPS) is 22.7. The Hall–Kier alpha value is -2.74. The molecule has 4 amide bonds. The predicted molar refractivity (Wildman–Crippen MR) is 107 cm³/mol. The van der Waals surface area contributed by atoms with Crippen molar-refractivity contribution in [3.8, 4) is 0 Å². The summed E-state index contributed by atoms with van der Waals surface area (Å²) in [6, 6.07) is 4.31. The lowest BCUT2D eigenvalue weighted by Gasteiger charge is -2.29. The van der Waals surface area contributed by atoms with Crippen molar-refractivity contribution in [2.75, 3.05) is 38.1 Å². The van der Waals surface area contributed by atoms with Gasteiger partial charge in [-0.05, 0) is 50.6 Å². The van der Waals surface area contributed by atoms with Crippen LogP contribution in [0.1, 0.15) is 52.8 Å². The Morgan fingerprint density at radius 2 is 1.76 bits per heavy atom. The highest BCUT2D eigenvalue weighted by Gasteiger charge is 2.44. The summed E-state index contributed by atoms with van der Waals surface area (Å²) in [6.07, 6.45) is 4.08. The predicted octanol–water partition coefficient (Wildman–Crippen LogP) is 1.01. The van der Waals surface area contributed by atoms with E-state index in [2.05, 4.69) is 15.1 Å². The van der Waals surface area contributed by atoms with Gasteiger partial charge < -0.3 is 9.80 Å². The van der Waals surface area contributed by atoms with E-state index in [1.165, 1.54) is 19.3 Å². The van der Waals surface area contributed by atoms with Crippen LogP contribution < -0.4 is 10.2 Å². The average molecular weight is 398 g/mol. The van der Waals surface area contributed by atoms with Crippen LogP contribution >= 0.6 is 0 Å². The molecule has 8 heteroatoms. The first kappa shape index (κ1) is 19.6. The minimum Gasteiger partial charge on any atom is -0.373 e. The fraction of sp³-hybridized carbons (Fsp3) is 0.524. The third-order valence-electron chi connectivity index (χ3n) is 6.06. The lowest BCUT2D eigenvalue weighted by molar-refractivity contribution is -0.136. The van der Waals surface area contributed by atoms with Crippen LogP contribution in [-0.2, 0) is 9.59 Å². The van der Waals surface area contributed by atoms with E-state index in [9.17, 15) is 19.2 Å². The maximum Gasteiger partial charge on any atom is 0.262 e. The van der Waals surface area contributed by atoms with Crippen LogP contribution in [0.3, 0.4) is 0 Å². The van der Waals surface area contributed by atoms with E-state index in [1.54, 1.807) is 12.1 Å². The Bertz CT molecular complexity index is 862. The third-order valence-corrected chi connectivity index (χ3v) is 6.06. The minimum absolute atomic E-state index is 0.119. The van der Waals surface area contributed by atoms with Gasteiger partial charge in [-0.25, -0.2) is 0 Å². The van der Waals surface area contributed by atoms with Crippen molar-refractivity contribution < 1.29 is 19.2 Å². The van der Waals surface area contributed by atoms with Crippen molar-refractivity contribution in [2.24, 2.45) is 0 Å². The first-order valence-corrected chi connectivity index (χ1v) is 10.2. The second-order valence-electron chi connectivity index (χ2n) is 8.00. The molecular formula is C21H26N4O4. The van der Waals surface area contributed by atoms with Gasteiger partial charge in [-0.1, -0.05) is 6.42 Å². The van der Waals surface area contributed by atoms with Gasteiger partial charge in [0.25, 0.3) is 11.8 Å². The van der Waals surface area contributed by atoms with Gasteiger partial charge in [0, 0.05) is 32.2 Å². The van der Waals surface area contributed by atoms with Gasteiger partial charge in [0.1, 0.15) is 6.04 Å². The lowest BCUT2D eigenvalue weighted by Crippen LogP contribution is -2.54. The van der Waals surface area contributed by atoms with Gasteiger partial charge in [-0.3, -0.25) is 29.4 Å². The summed E-state index contributed by atoms with van der Waals surface area (Å²) in [4.78, 5) is 54.8. The van der Waals surface area contributed by atoms with E-state index in [4.69, 9.17) is 0 Å². The summed E-state index contributed by atoms with van der Waals surface area (Å²) in [5.74, 6) is -1.90. The SMILES string of the molecule is CN(CCN1CCCCC1)c1ccc2c(c1)C(=O)N(C1CCC(=O)NC1=O)C2=O. The van der Waals surface area contributed by atoms with Crippen LogP contribution in [-0.4, -0.2) is 72.7 Å². The first-order chi connectivity index (χ1) is 14.0. The van der Waals surface area contributed by atoms with Crippen molar-refractivity contribution >= 4 is 29.3 Å². The minimum atomic E-state index is -0.930. The second kappa shape index (κ2) is 7.94. The molecule has 0 aromatic heterocycles. The number of fused-ring (bicyclic) bond motifs is 1. The summed E-state index contributed by atoms with van der Waals surface area (Å²) >= 11 is 0. The van der Waals surface area contributed by atoms with E-state index in [0.717, 1.165) is 36.8 Å². The van der Waals surface area contributed by atoms with Crippen LogP contribution in [0.2, 0.25) is 0 Å². The number of piperidine rings is 2. The van der Waals surface area contributed by atoms with Crippen LogP contribution in [0.5, 0.6) is 0 Å². The fourth-order valence-corrected chi connectivity index (χ4v) is 4.30. The quantitative estimate of drug-likeness (QED) is 0.745. The van der Waals surface area contributed by atoms with Gasteiger partial charge in [-0.2, -0.15) is 0 Å². The average Bonchev–Trinajstić information content (AvgIpc) is 2.97. The molecule has 1 atom stereocenters. The highest BCUT2D eigenvalue weighted by Crippen LogP contribution is 2.30. The number of nitrogens with one attached hydrogen (secondary N) is 1. The second-order valence-corrected chi connectivity index (χ2v) is 8.00. The zero-order chi connectivity index (χ0) is 20.5. The smallest absolute Gasteiger partial charge is 0.262 e. The molecule has 1 N–H and O–H groups in total. The number of carbonyl (C=O) groups is 4. The molecule has 0 bridgehead atoms. The maximum absolute atomic E-state index is 12.9. The molecule has 0 spiro atoms. The lowest BCUT2D eigenvalue weighted by atomic mass is 10.0. The molecule has 29 heavy (non-hydrogen) atoms. The molecule has 8 nitrogen and oxygen atoms in total. The summed E-state index contributed by atoms with van der Waals surface area (Å²) in [7, 11) is 1.98. The van der Waals surface area contributed by atoms with E-state index in [-0.39, 0.29) is 18.7 Å². The Balaban J connectivity index is 1.47. The van der Waals surface area contributed by atoms with Crippen LogP contribution in [0.25, 0.3) is 0 Å². The van der Waals surface area contributed by atoms with E-state index in [1.807, 2.05) is 13.1 Å². The van der Waals surface area contributed by atoms with Crippen LogP contribution in [0.4, 0.5) is 5.69 Å². The molecule has 0 aliphatic carbocycles. The van der Waals surface area contributed by atoms with E-state index >= 15 is 0 Å². The summed E-state index contributed by atoms with van der Waals surface area (Å²) in [5.41, 5.74) is 1.50. The molecule has 2 fully saturated rings. The van der Waals surface area contributed by atoms with Crippen LogP contribution in [0, 0.1) is 0 Å². The third kappa shape index (κ3) is 3.76. The number of amides is 4. The maximum atomic E-state index is 12.9. The van der Waals surface area contributed by atoms with Gasteiger partial charge in [0.15, 0.2) is 0 Å². The highest BCUT2D eigenvalue weighted by molar-refractivity contribution is 6.23. The molecule has 154 valence electrons. The zero-order valence-electron chi connectivity index (χ0n) is 16.6. The monoisotopic (exact) mass is 398 g/mol. The van der Waals surface area contributed by atoms with Crippen molar-refractivity contribution in [3.05, 3.63) is 29.3 Å². The largest absolute Gasteiger partial charge is 0.373 e. The molecule has 3 aliphatic heterocycles. The molecule has 1 aromatic rings. The van der Waals surface area contributed by atoms with Gasteiger partial charge in [-0.15, -0.1) is 0 Å². The number of nitrogens with zero attached hydrogens (tertiary/aromatic N) is 3. The molecule has 3 aliphatic rings. The summed E-state index contributed by atoms with van der Waals surface area (Å²) in [5, 5.41) is 2.21. The van der Waals surface area contributed by atoms with Crippen molar-refractivity contribution in [3.63, 3.8) is 0 Å². The van der Waals surface area contributed by atoms with E-state index < -0.39 is 23.8 Å². The number of benzene rings is 1. The van der Waals surface area contributed by atoms with Gasteiger partial charge >= 0.3 is 0 Å². The topological polar surface area (TPSA) is 90.0 Å². The molecule has 1 aromatic carbocycles. The Labute approximate surface area is 169 Å². The molecular weight excluding hydrogens is 372 g/mol. The van der Waals surface area contributed by atoms with Gasteiger partial charge in [0.2, 0.25) is 11.8 Å². The van der Waals surface area contributed by atoms with Crippen molar-refractivity contribution in [1.29, 1.82) is 0 Å². The number of hydrogen-bond acceptors (Lipinski definition) is 6. The number of likely N-dealkylation sites (N-methyl/N-ethyl adjacent to an activating group) is 1. The molecule has 2 saturated heterocycles. The summed E-state index contributed by atoms with van der Waals surface area (Å²) < 4.78 is 0. The van der Waals surface area contributed by atoms with Crippen LogP contribution in [0.15, 0.2) is 18.2 Å². The standard InChI is InChI=1S/C21H26N4O4/c1-23(11-12-24-9-3-2-4-10-24)14-5-6-15-16(13-14)21(29)25(20(15)28)17-7-8-18(26)22-19(17)27/h5-6,13,17H,2-4,7-12H2,1H3,(H,22,26,27). The van der Waals surface area contributed by atoms with Crippen molar-refractivity contribution in [1.82, 2.24) is 15.1 Å². The first-order valence-electron chi connectivity index (χ1n) is 10.2. The Kier molecular flexibility index (Phi) is 5.36. The molecule has 0 saturated carbocycles. The highest BCUT2D eigenvalue weighted by atomic mass is 16.2. The number of carbonyl (C=O) groups excluding carboxylic acids is 4. The molecule has 1 unspecified atom stereocenters. The number of rotatable bonds is 5. The number of likely N-dealkylation sites (tertiary alicyclic amines) is 1.